The molecular weight excluding hydrogens is 196 g/mol. The van der Waals surface area contributed by atoms with Crippen LogP contribution in [0.4, 0.5) is 11.4 Å². The van der Waals surface area contributed by atoms with Crippen molar-refractivity contribution in [1.82, 2.24) is 9.97 Å². The highest BCUT2D eigenvalue weighted by atomic mass is 32.1. The number of hydrogen-bond donors (Lipinski definition) is 2. The molecular formula is C9H10N4S. The quantitative estimate of drug-likeness (QED) is 0.802. The fraction of sp³-hybridized carbons (Fsp3) is 0.111. The number of nitrogens with zero attached hydrogens (tertiary/aromatic N) is 2. The zero-order valence-corrected chi connectivity index (χ0v) is 8.29. The van der Waals surface area contributed by atoms with Gasteiger partial charge in [-0.1, -0.05) is 0 Å². The molecule has 2 aromatic heterocycles. The molecule has 0 saturated heterocycles. The minimum atomic E-state index is 0.719. The van der Waals surface area contributed by atoms with Crippen LogP contribution in [0.2, 0.25) is 0 Å². The molecule has 0 spiro atoms. The van der Waals surface area contributed by atoms with E-state index in [2.05, 4.69) is 15.3 Å². The lowest BCUT2D eigenvalue weighted by atomic mass is 10.4. The van der Waals surface area contributed by atoms with Gasteiger partial charge in [-0.25, -0.2) is 9.97 Å². The Balaban J connectivity index is 1.99. The molecule has 0 aliphatic carbocycles. The summed E-state index contributed by atoms with van der Waals surface area (Å²) in [5.41, 5.74) is 7.48. The van der Waals surface area contributed by atoms with Crippen molar-refractivity contribution in [3.63, 3.8) is 0 Å². The van der Waals surface area contributed by atoms with Crippen LogP contribution in [0, 0.1) is 0 Å². The van der Waals surface area contributed by atoms with Crippen molar-refractivity contribution in [3.05, 3.63) is 35.0 Å². The molecule has 0 aliphatic rings. The zero-order chi connectivity index (χ0) is 9.80. The first-order chi connectivity index (χ1) is 6.86. The monoisotopic (exact) mass is 206 g/mol. The van der Waals surface area contributed by atoms with Crippen molar-refractivity contribution in [3.8, 4) is 0 Å². The van der Waals surface area contributed by atoms with Gasteiger partial charge >= 0.3 is 0 Å². The Morgan fingerprint density at radius 2 is 2.14 bits per heavy atom. The summed E-state index contributed by atoms with van der Waals surface area (Å²) >= 11 is 1.64. The van der Waals surface area contributed by atoms with E-state index in [0.717, 1.165) is 22.8 Å². The van der Waals surface area contributed by atoms with Crippen LogP contribution < -0.4 is 11.1 Å². The van der Waals surface area contributed by atoms with Crippen LogP contribution in [-0.2, 0) is 6.54 Å². The molecule has 0 unspecified atom stereocenters. The number of anilines is 2. The lowest BCUT2D eigenvalue weighted by Crippen LogP contribution is -2.00. The molecule has 0 aromatic carbocycles. The lowest BCUT2D eigenvalue weighted by molar-refractivity contribution is 1.12. The van der Waals surface area contributed by atoms with Gasteiger partial charge in [0.15, 0.2) is 0 Å². The van der Waals surface area contributed by atoms with Gasteiger partial charge in [0.2, 0.25) is 0 Å². The first-order valence-electron chi connectivity index (χ1n) is 4.17. The van der Waals surface area contributed by atoms with Crippen molar-refractivity contribution in [2.45, 2.75) is 6.54 Å². The number of nitrogen functional groups attached to an aromatic ring is 1. The maximum Gasteiger partial charge on any atom is 0.115 e. The third-order valence-corrected chi connectivity index (χ3v) is 2.73. The van der Waals surface area contributed by atoms with Crippen LogP contribution >= 0.6 is 11.3 Å². The summed E-state index contributed by atoms with van der Waals surface area (Å²) in [5.74, 6) is 0. The highest BCUT2D eigenvalue weighted by Gasteiger charge is 1.99. The van der Waals surface area contributed by atoms with Gasteiger partial charge < -0.3 is 11.1 Å². The minimum Gasteiger partial charge on any atom is -0.398 e. The van der Waals surface area contributed by atoms with Gasteiger partial charge in [-0.2, -0.15) is 0 Å². The number of nitrogens with one attached hydrogen (secondary N) is 1. The van der Waals surface area contributed by atoms with Gasteiger partial charge in [-0.15, -0.1) is 11.3 Å². The van der Waals surface area contributed by atoms with Gasteiger partial charge in [0.05, 0.1) is 24.6 Å². The average molecular weight is 206 g/mol. The van der Waals surface area contributed by atoms with E-state index >= 15 is 0 Å². The van der Waals surface area contributed by atoms with Crippen LogP contribution in [0.3, 0.4) is 0 Å². The highest BCUT2D eigenvalue weighted by Crippen LogP contribution is 2.19. The second-order valence-electron chi connectivity index (χ2n) is 2.78. The summed E-state index contributed by atoms with van der Waals surface area (Å²) in [6.45, 7) is 0.719. The molecule has 0 saturated carbocycles. The Hall–Kier alpha value is -1.62. The van der Waals surface area contributed by atoms with Crippen LogP contribution in [0.5, 0.6) is 0 Å². The van der Waals surface area contributed by atoms with Gasteiger partial charge in [-0.3, -0.25) is 0 Å². The Labute approximate surface area is 85.8 Å². The summed E-state index contributed by atoms with van der Waals surface area (Å²) in [6, 6.07) is 1.91. The summed E-state index contributed by atoms with van der Waals surface area (Å²) in [5, 5.41) is 5.17. The Bertz CT molecular complexity index is 398. The summed E-state index contributed by atoms with van der Waals surface area (Å²) < 4.78 is 0. The molecule has 0 aliphatic heterocycles. The maximum atomic E-state index is 5.74. The SMILES string of the molecule is Nc1ccsc1CNc1cncnc1. The fourth-order valence-corrected chi connectivity index (χ4v) is 1.81. The van der Waals surface area contributed by atoms with Gasteiger partial charge in [0, 0.05) is 10.6 Å². The lowest BCUT2D eigenvalue weighted by Gasteiger charge is -2.03. The van der Waals surface area contributed by atoms with E-state index in [1.54, 1.807) is 23.7 Å². The van der Waals surface area contributed by atoms with Gasteiger partial charge in [0.25, 0.3) is 0 Å². The van der Waals surface area contributed by atoms with E-state index in [4.69, 9.17) is 5.73 Å². The molecule has 5 heteroatoms. The van der Waals surface area contributed by atoms with Gasteiger partial charge in [0.1, 0.15) is 6.33 Å². The standard InChI is InChI=1S/C9H10N4S/c10-8-1-2-14-9(8)5-13-7-3-11-6-12-4-7/h1-4,6,13H,5,10H2. The molecule has 14 heavy (non-hydrogen) atoms. The highest BCUT2D eigenvalue weighted by molar-refractivity contribution is 7.10. The molecule has 2 rings (SSSR count). The van der Waals surface area contributed by atoms with Crippen molar-refractivity contribution < 1.29 is 0 Å². The van der Waals surface area contributed by atoms with Crippen LogP contribution in [0.25, 0.3) is 0 Å². The third kappa shape index (κ3) is 2.00. The van der Waals surface area contributed by atoms with E-state index in [1.807, 2.05) is 11.4 Å². The molecule has 2 aromatic rings. The molecule has 0 atom stereocenters. The van der Waals surface area contributed by atoms with Gasteiger partial charge in [-0.05, 0) is 11.4 Å². The second-order valence-corrected chi connectivity index (χ2v) is 3.78. The molecule has 0 bridgehead atoms. The number of hydrogen-bond acceptors (Lipinski definition) is 5. The van der Waals surface area contributed by atoms with Crippen LogP contribution in [0.15, 0.2) is 30.2 Å². The molecule has 0 fully saturated rings. The minimum absolute atomic E-state index is 0.719. The molecule has 0 amide bonds. The molecule has 3 N–H and O–H groups in total. The Morgan fingerprint density at radius 1 is 1.36 bits per heavy atom. The Kier molecular flexibility index (Phi) is 2.60. The third-order valence-electron chi connectivity index (χ3n) is 1.79. The van der Waals surface area contributed by atoms with Crippen LogP contribution in [0.1, 0.15) is 4.88 Å². The smallest absolute Gasteiger partial charge is 0.115 e. The molecule has 0 radical (unpaired) electrons. The summed E-state index contributed by atoms with van der Waals surface area (Å²) in [6.07, 6.45) is 4.97. The van der Waals surface area contributed by atoms with E-state index in [1.165, 1.54) is 6.33 Å². The molecule has 72 valence electrons. The van der Waals surface area contributed by atoms with Crippen molar-refractivity contribution in [2.24, 2.45) is 0 Å². The van der Waals surface area contributed by atoms with E-state index < -0.39 is 0 Å². The van der Waals surface area contributed by atoms with Crippen LogP contribution in [-0.4, -0.2) is 9.97 Å². The largest absolute Gasteiger partial charge is 0.398 e. The fourth-order valence-electron chi connectivity index (χ4n) is 1.07. The van der Waals surface area contributed by atoms with Crippen molar-refractivity contribution in [2.75, 3.05) is 11.1 Å². The first kappa shape index (κ1) is 8.96. The molecule has 2 heterocycles. The second kappa shape index (κ2) is 4.06. The van der Waals surface area contributed by atoms with E-state index in [-0.39, 0.29) is 0 Å². The van der Waals surface area contributed by atoms with Crippen molar-refractivity contribution in [1.29, 1.82) is 0 Å². The topological polar surface area (TPSA) is 63.8 Å². The first-order valence-corrected chi connectivity index (χ1v) is 5.05. The number of thiophene rings is 1. The van der Waals surface area contributed by atoms with E-state index in [0.29, 0.717) is 0 Å². The molecule has 4 nitrogen and oxygen atoms in total. The number of rotatable bonds is 3. The Morgan fingerprint density at radius 3 is 2.79 bits per heavy atom. The maximum absolute atomic E-state index is 5.74. The predicted octanol–water partition coefficient (Wildman–Crippen LogP) is 1.73. The number of aromatic nitrogens is 2. The normalized spacial score (nSPS) is 10.0. The summed E-state index contributed by atoms with van der Waals surface area (Å²) in [4.78, 5) is 8.94. The van der Waals surface area contributed by atoms with E-state index in [9.17, 15) is 0 Å². The predicted molar refractivity (Wildman–Crippen MR) is 58.1 cm³/mol. The zero-order valence-electron chi connectivity index (χ0n) is 7.47. The summed E-state index contributed by atoms with van der Waals surface area (Å²) in [7, 11) is 0. The number of nitrogens with two attached hydrogens (primary N) is 1. The average Bonchev–Trinajstić information content (AvgIpc) is 2.63. The van der Waals surface area contributed by atoms with Crippen molar-refractivity contribution >= 4 is 22.7 Å².